The summed E-state index contributed by atoms with van der Waals surface area (Å²) in [5, 5.41) is 0. The van der Waals surface area contributed by atoms with E-state index in [4.69, 9.17) is 4.74 Å². The first kappa shape index (κ1) is 39.1. The molecule has 0 rings (SSSR count). The van der Waals surface area contributed by atoms with Gasteiger partial charge in [0.2, 0.25) is 0 Å². The molecule has 0 N–H and O–H groups in total. The minimum absolute atomic E-state index is 0.264. The first-order chi connectivity index (χ1) is 20.2. The lowest BCUT2D eigenvalue weighted by Gasteiger charge is -2.14. The van der Waals surface area contributed by atoms with Crippen molar-refractivity contribution in [2.24, 2.45) is 0 Å². The number of hydrogen-bond acceptors (Lipinski definition) is 2. The Hall–Kier alpha value is -2.87. The van der Waals surface area contributed by atoms with Crippen LogP contribution in [0.3, 0.4) is 0 Å². The summed E-state index contributed by atoms with van der Waals surface area (Å²) in [6, 6.07) is 0. The van der Waals surface area contributed by atoms with Gasteiger partial charge >= 0.3 is 5.97 Å². The number of rotatable bonds is 23. The summed E-state index contributed by atoms with van der Waals surface area (Å²) in [4.78, 5) is 12.5. The Balaban J connectivity index is 4.70. The standard InChI is InChI=1S/C40H62O2/c1-8-9-10-11-12-13-14-15-16-17-18-19-20-21-22-23-24-31-40(41)42-39(34-38(7)30-26-28-36(4)5)33-32-37(6)29-25-27-35(2)3/h16-24,27-28,31-32,34,39H,8-15,25-26,29-30,33H2,1-7H3/b17-16?,19-18?,21-20?,23-22?,31-24?,37-32+,38-34+. The number of carbonyl (C=O) groups is 1. The van der Waals surface area contributed by atoms with E-state index in [1.807, 2.05) is 30.4 Å². The zero-order chi connectivity index (χ0) is 31.3. The normalized spacial score (nSPS) is 13.7. The molecule has 0 radical (unpaired) electrons. The van der Waals surface area contributed by atoms with Gasteiger partial charge in [0, 0.05) is 12.5 Å². The minimum Gasteiger partial charge on any atom is -0.455 e. The Morgan fingerprint density at radius 3 is 1.71 bits per heavy atom. The first-order valence-electron chi connectivity index (χ1n) is 16.4. The van der Waals surface area contributed by atoms with Gasteiger partial charge in [0.15, 0.2) is 0 Å². The minimum atomic E-state index is -0.316. The summed E-state index contributed by atoms with van der Waals surface area (Å²) in [6.07, 6.45) is 43.3. The third-order valence-electron chi connectivity index (χ3n) is 6.74. The van der Waals surface area contributed by atoms with Crippen LogP contribution in [0.5, 0.6) is 0 Å². The first-order valence-corrected chi connectivity index (χ1v) is 16.4. The van der Waals surface area contributed by atoms with E-state index in [9.17, 15) is 4.79 Å². The van der Waals surface area contributed by atoms with Gasteiger partial charge in [0.05, 0.1) is 0 Å². The average Bonchev–Trinajstić information content (AvgIpc) is 2.93. The number of carbonyl (C=O) groups excluding carboxylic acids is 1. The largest absolute Gasteiger partial charge is 0.455 e. The molecule has 0 aliphatic heterocycles. The third-order valence-corrected chi connectivity index (χ3v) is 6.74. The second kappa shape index (κ2) is 28.3. The fraction of sp³-hybridized carbons (Fsp3) is 0.525. The second-order valence-electron chi connectivity index (χ2n) is 11.8. The monoisotopic (exact) mass is 574 g/mol. The molecule has 2 heteroatoms. The van der Waals surface area contributed by atoms with E-state index in [-0.39, 0.29) is 12.1 Å². The maximum absolute atomic E-state index is 12.5. The molecule has 0 aromatic rings. The van der Waals surface area contributed by atoms with E-state index < -0.39 is 0 Å². The highest BCUT2D eigenvalue weighted by Crippen LogP contribution is 2.15. The van der Waals surface area contributed by atoms with Gasteiger partial charge < -0.3 is 4.74 Å². The predicted molar refractivity (Wildman–Crippen MR) is 188 cm³/mol. The quantitative estimate of drug-likeness (QED) is 0.0399. The molecule has 1 atom stereocenters. The van der Waals surface area contributed by atoms with Crippen LogP contribution in [0.1, 0.15) is 132 Å². The molecule has 0 aliphatic rings. The number of unbranched alkanes of at least 4 members (excludes halogenated alkanes) is 7. The van der Waals surface area contributed by atoms with Crippen LogP contribution in [-0.2, 0) is 9.53 Å². The van der Waals surface area contributed by atoms with E-state index >= 15 is 0 Å². The van der Waals surface area contributed by atoms with Crippen LogP contribution >= 0.6 is 0 Å². The van der Waals surface area contributed by atoms with E-state index in [1.165, 1.54) is 73.3 Å². The highest BCUT2D eigenvalue weighted by atomic mass is 16.5. The van der Waals surface area contributed by atoms with Gasteiger partial charge in [-0.3, -0.25) is 0 Å². The molecule has 2 nitrogen and oxygen atoms in total. The molecular weight excluding hydrogens is 512 g/mol. The maximum Gasteiger partial charge on any atom is 0.331 e. The number of ether oxygens (including phenoxy) is 1. The van der Waals surface area contributed by atoms with E-state index in [1.54, 1.807) is 6.08 Å². The lowest BCUT2D eigenvalue weighted by molar-refractivity contribution is -0.140. The topological polar surface area (TPSA) is 26.3 Å². The third kappa shape index (κ3) is 28.7. The molecule has 0 bridgehead atoms. The molecule has 0 spiro atoms. The van der Waals surface area contributed by atoms with E-state index in [0.717, 1.165) is 32.1 Å². The van der Waals surface area contributed by atoms with Crippen molar-refractivity contribution in [1.82, 2.24) is 0 Å². The van der Waals surface area contributed by atoms with E-state index in [2.05, 4.69) is 91.0 Å². The van der Waals surface area contributed by atoms with Crippen molar-refractivity contribution < 1.29 is 9.53 Å². The summed E-state index contributed by atoms with van der Waals surface area (Å²) >= 11 is 0. The van der Waals surface area contributed by atoms with Gasteiger partial charge in [-0.05, 0) is 86.1 Å². The number of hydrogen-bond donors (Lipinski definition) is 0. The van der Waals surface area contributed by atoms with Crippen molar-refractivity contribution in [1.29, 1.82) is 0 Å². The van der Waals surface area contributed by atoms with Gasteiger partial charge in [-0.2, -0.15) is 0 Å². The summed E-state index contributed by atoms with van der Waals surface area (Å²) in [5.41, 5.74) is 5.25. The predicted octanol–water partition coefficient (Wildman–Crippen LogP) is 12.6. The fourth-order valence-electron chi connectivity index (χ4n) is 4.25. The van der Waals surface area contributed by atoms with Crippen molar-refractivity contribution in [2.45, 2.75) is 138 Å². The Bertz CT molecular complexity index is 967. The van der Waals surface area contributed by atoms with Crippen molar-refractivity contribution in [3.05, 3.63) is 107 Å². The molecule has 0 amide bonds. The zero-order valence-electron chi connectivity index (χ0n) is 28.2. The molecule has 42 heavy (non-hydrogen) atoms. The zero-order valence-corrected chi connectivity index (χ0v) is 28.2. The lowest BCUT2D eigenvalue weighted by Crippen LogP contribution is -2.14. The SMILES string of the molecule is CCCCCCCCCC=CC=CC=CC=CC=CC(=O)OC(/C=C(\C)CCC=C(C)C)C/C=C(\C)CCC=C(C)C. The maximum atomic E-state index is 12.5. The Morgan fingerprint density at radius 2 is 1.12 bits per heavy atom. The van der Waals surface area contributed by atoms with Crippen molar-refractivity contribution >= 4 is 5.97 Å². The van der Waals surface area contributed by atoms with Gasteiger partial charge in [-0.25, -0.2) is 4.79 Å². The Labute approximate surface area is 260 Å². The second-order valence-corrected chi connectivity index (χ2v) is 11.8. The highest BCUT2D eigenvalue weighted by Gasteiger charge is 2.09. The Morgan fingerprint density at radius 1 is 0.595 bits per heavy atom. The summed E-state index contributed by atoms with van der Waals surface area (Å²) in [7, 11) is 0. The molecule has 0 saturated heterocycles. The molecule has 234 valence electrons. The van der Waals surface area contributed by atoms with Gasteiger partial charge in [-0.1, -0.05) is 141 Å². The van der Waals surface area contributed by atoms with Crippen molar-refractivity contribution in [3.63, 3.8) is 0 Å². The lowest BCUT2D eigenvalue weighted by atomic mass is 10.0. The van der Waals surface area contributed by atoms with Gasteiger partial charge in [0.25, 0.3) is 0 Å². The van der Waals surface area contributed by atoms with Crippen LogP contribution in [0.4, 0.5) is 0 Å². The average molecular weight is 575 g/mol. The van der Waals surface area contributed by atoms with Gasteiger partial charge in [0.1, 0.15) is 6.10 Å². The molecule has 0 aromatic carbocycles. The summed E-state index contributed by atoms with van der Waals surface area (Å²) < 4.78 is 5.83. The fourth-order valence-corrected chi connectivity index (χ4v) is 4.25. The van der Waals surface area contributed by atoms with E-state index in [0.29, 0.717) is 6.42 Å². The Kier molecular flexibility index (Phi) is 26.3. The molecular formula is C40H62O2. The van der Waals surface area contributed by atoms with Crippen LogP contribution in [0, 0.1) is 0 Å². The molecule has 0 saturated carbocycles. The van der Waals surface area contributed by atoms with Crippen LogP contribution in [0.25, 0.3) is 0 Å². The molecule has 0 heterocycles. The molecule has 0 fully saturated rings. The molecule has 1 unspecified atom stereocenters. The summed E-state index contributed by atoms with van der Waals surface area (Å²) in [5.74, 6) is -0.316. The number of esters is 1. The number of allylic oxidation sites excluding steroid dienone is 15. The van der Waals surface area contributed by atoms with Crippen molar-refractivity contribution in [2.75, 3.05) is 0 Å². The molecule has 0 aromatic heterocycles. The van der Waals surface area contributed by atoms with Crippen LogP contribution < -0.4 is 0 Å². The van der Waals surface area contributed by atoms with Crippen molar-refractivity contribution in [3.8, 4) is 0 Å². The molecule has 0 aliphatic carbocycles. The van der Waals surface area contributed by atoms with Crippen LogP contribution in [0.2, 0.25) is 0 Å². The smallest absolute Gasteiger partial charge is 0.331 e. The van der Waals surface area contributed by atoms with Gasteiger partial charge in [-0.15, -0.1) is 0 Å². The van der Waals surface area contributed by atoms with Crippen LogP contribution in [0.15, 0.2) is 107 Å². The van der Waals surface area contributed by atoms with Crippen LogP contribution in [-0.4, -0.2) is 12.1 Å². The highest BCUT2D eigenvalue weighted by molar-refractivity contribution is 5.82. The summed E-state index contributed by atoms with van der Waals surface area (Å²) in [6.45, 7) is 15.0.